The van der Waals surface area contributed by atoms with Gasteiger partial charge in [0.15, 0.2) is 0 Å². The molecule has 0 saturated carbocycles. The highest BCUT2D eigenvalue weighted by Crippen LogP contribution is 2.24. The topological polar surface area (TPSA) is 63.6 Å². The van der Waals surface area contributed by atoms with E-state index in [2.05, 4.69) is 0 Å². The minimum atomic E-state index is -3.54. The second-order valence-corrected chi connectivity index (χ2v) is 6.37. The molecule has 0 spiro atoms. The first-order valence-corrected chi connectivity index (χ1v) is 7.60. The van der Waals surface area contributed by atoms with Crippen molar-refractivity contribution in [2.45, 2.75) is 22.8 Å². The monoisotopic (exact) mass is 292 g/mol. The van der Waals surface area contributed by atoms with Crippen LogP contribution in [0.3, 0.4) is 0 Å². The maximum absolute atomic E-state index is 12.4. The maximum Gasteiger partial charge on any atom is 0.206 e. The Bertz CT molecular complexity index is 671. The Balaban J connectivity index is 2.38. The molecule has 0 aliphatic heterocycles. The third-order valence-electron chi connectivity index (χ3n) is 3.04. The van der Waals surface area contributed by atoms with Crippen molar-refractivity contribution in [3.8, 4) is 5.75 Å². The molecule has 0 bridgehead atoms. The second-order valence-electron chi connectivity index (χ2n) is 4.42. The number of aliphatic hydroxyl groups excluding tert-OH is 1. The zero-order chi connectivity index (χ0) is 14.8. The zero-order valence-electron chi connectivity index (χ0n) is 11.3. The molecular formula is C15H16O4S. The number of hydrogen-bond donors (Lipinski definition) is 1. The molecule has 4 nitrogen and oxygen atoms in total. The molecule has 0 saturated heterocycles. The van der Waals surface area contributed by atoms with Crippen molar-refractivity contribution in [1.82, 2.24) is 0 Å². The Morgan fingerprint density at radius 2 is 1.40 bits per heavy atom. The fraction of sp³-hybridized carbons (Fsp3) is 0.200. The highest BCUT2D eigenvalue weighted by atomic mass is 32.2. The Hall–Kier alpha value is -1.85. The average molecular weight is 292 g/mol. The number of ether oxygens (including phenoxy) is 1. The van der Waals surface area contributed by atoms with Crippen LogP contribution in [0.4, 0.5) is 0 Å². The largest absolute Gasteiger partial charge is 0.497 e. The summed E-state index contributed by atoms with van der Waals surface area (Å²) in [4.78, 5) is 0.412. The second kappa shape index (κ2) is 5.64. The smallest absolute Gasteiger partial charge is 0.206 e. The van der Waals surface area contributed by atoms with Crippen molar-refractivity contribution >= 4 is 9.84 Å². The lowest BCUT2D eigenvalue weighted by atomic mass is 10.1. The Kier molecular flexibility index (Phi) is 4.11. The minimum Gasteiger partial charge on any atom is -0.497 e. The van der Waals surface area contributed by atoms with Gasteiger partial charge in [-0.05, 0) is 48.9 Å². The van der Waals surface area contributed by atoms with Gasteiger partial charge in [0.05, 0.1) is 23.0 Å². The van der Waals surface area contributed by atoms with E-state index in [9.17, 15) is 13.5 Å². The van der Waals surface area contributed by atoms with Gasteiger partial charge in [-0.3, -0.25) is 0 Å². The highest BCUT2D eigenvalue weighted by molar-refractivity contribution is 7.91. The molecule has 106 valence electrons. The van der Waals surface area contributed by atoms with Crippen LogP contribution >= 0.6 is 0 Å². The Labute approximate surface area is 118 Å². The molecule has 1 unspecified atom stereocenters. The lowest BCUT2D eigenvalue weighted by molar-refractivity contribution is 0.199. The van der Waals surface area contributed by atoms with E-state index in [0.717, 1.165) is 0 Å². The fourth-order valence-corrected chi connectivity index (χ4v) is 3.08. The van der Waals surface area contributed by atoms with E-state index < -0.39 is 15.9 Å². The molecule has 2 aromatic rings. The number of sulfone groups is 1. The summed E-state index contributed by atoms with van der Waals surface area (Å²) < 4.78 is 29.8. The molecule has 0 heterocycles. The lowest BCUT2D eigenvalue weighted by Gasteiger charge is -2.08. The minimum absolute atomic E-state index is 0.201. The van der Waals surface area contributed by atoms with Gasteiger partial charge in [0.25, 0.3) is 0 Å². The Morgan fingerprint density at radius 1 is 0.950 bits per heavy atom. The van der Waals surface area contributed by atoms with E-state index >= 15 is 0 Å². The third-order valence-corrected chi connectivity index (χ3v) is 4.83. The summed E-state index contributed by atoms with van der Waals surface area (Å²) in [6, 6.07) is 12.5. The summed E-state index contributed by atoms with van der Waals surface area (Å²) in [6.45, 7) is 1.63. The van der Waals surface area contributed by atoms with Crippen molar-refractivity contribution in [3.63, 3.8) is 0 Å². The molecule has 0 aliphatic rings. The third kappa shape index (κ3) is 2.84. The van der Waals surface area contributed by atoms with Crippen LogP contribution < -0.4 is 4.74 Å². The molecule has 2 rings (SSSR count). The number of benzene rings is 2. The van der Waals surface area contributed by atoms with Gasteiger partial charge in [-0.2, -0.15) is 0 Å². The van der Waals surface area contributed by atoms with E-state index in [-0.39, 0.29) is 9.79 Å². The summed E-state index contributed by atoms with van der Waals surface area (Å²) in [5.74, 6) is 0.605. The summed E-state index contributed by atoms with van der Waals surface area (Å²) in [5, 5.41) is 9.43. The van der Waals surface area contributed by atoms with Gasteiger partial charge in [-0.25, -0.2) is 8.42 Å². The molecule has 1 N–H and O–H groups in total. The van der Waals surface area contributed by atoms with E-state index in [1.165, 1.54) is 31.4 Å². The van der Waals surface area contributed by atoms with Gasteiger partial charge < -0.3 is 9.84 Å². The quantitative estimate of drug-likeness (QED) is 0.940. The van der Waals surface area contributed by atoms with Gasteiger partial charge in [-0.1, -0.05) is 12.1 Å². The molecule has 0 amide bonds. The maximum atomic E-state index is 12.4. The van der Waals surface area contributed by atoms with E-state index in [1.54, 1.807) is 31.2 Å². The van der Waals surface area contributed by atoms with Crippen LogP contribution in [0.2, 0.25) is 0 Å². The molecule has 5 heteroatoms. The van der Waals surface area contributed by atoms with Crippen molar-refractivity contribution in [2.24, 2.45) is 0 Å². The van der Waals surface area contributed by atoms with Gasteiger partial charge >= 0.3 is 0 Å². The summed E-state index contributed by atoms with van der Waals surface area (Å²) in [7, 11) is -2.02. The fourth-order valence-electron chi connectivity index (χ4n) is 1.82. The van der Waals surface area contributed by atoms with E-state index in [0.29, 0.717) is 11.3 Å². The van der Waals surface area contributed by atoms with Crippen LogP contribution in [-0.4, -0.2) is 20.6 Å². The van der Waals surface area contributed by atoms with Crippen molar-refractivity contribution < 1.29 is 18.3 Å². The molecule has 0 fully saturated rings. The van der Waals surface area contributed by atoms with Gasteiger partial charge in [-0.15, -0.1) is 0 Å². The molecule has 0 radical (unpaired) electrons. The zero-order valence-corrected chi connectivity index (χ0v) is 12.1. The standard InChI is InChI=1S/C15H16O4S/c1-11(16)12-3-7-14(8-4-12)20(17,18)15-9-5-13(19-2)6-10-15/h3-11,16H,1-2H3. The van der Waals surface area contributed by atoms with Crippen LogP contribution in [0.25, 0.3) is 0 Å². The van der Waals surface area contributed by atoms with Crippen LogP contribution in [0.1, 0.15) is 18.6 Å². The van der Waals surface area contributed by atoms with Crippen LogP contribution in [0.15, 0.2) is 58.3 Å². The van der Waals surface area contributed by atoms with Crippen LogP contribution in [-0.2, 0) is 9.84 Å². The summed E-state index contributed by atoms with van der Waals surface area (Å²) >= 11 is 0. The number of methoxy groups -OCH3 is 1. The van der Waals surface area contributed by atoms with Gasteiger partial charge in [0, 0.05) is 0 Å². The first-order chi connectivity index (χ1) is 9.45. The molecule has 1 atom stereocenters. The molecule has 0 aromatic heterocycles. The van der Waals surface area contributed by atoms with E-state index in [4.69, 9.17) is 4.74 Å². The first-order valence-electron chi connectivity index (χ1n) is 6.12. The Morgan fingerprint density at radius 3 is 1.80 bits per heavy atom. The van der Waals surface area contributed by atoms with Crippen molar-refractivity contribution in [2.75, 3.05) is 7.11 Å². The molecule has 2 aromatic carbocycles. The number of rotatable bonds is 4. The molecular weight excluding hydrogens is 276 g/mol. The van der Waals surface area contributed by atoms with Gasteiger partial charge in [0.1, 0.15) is 5.75 Å². The van der Waals surface area contributed by atoms with Crippen molar-refractivity contribution in [1.29, 1.82) is 0 Å². The van der Waals surface area contributed by atoms with E-state index in [1.807, 2.05) is 0 Å². The summed E-state index contributed by atoms with van der Waals surface area (Å²) in [6.07, 6.45) is -0.618. The SMILES string of the molecule is COc1ccc(S(=O)(=O)c2ccc(C(C)O)cc2)cc1. The average Bonchev–Trinajstić information content (AvgIpc) is 2.47. The molecule has 0 aliphatic carbocycles. The highest BCUT2D eigenvalue weighted by Gasteiger charge is 2.17. The van der Waals surface area contributed by atoms with Crippen LogP contribution in [0.5, 0.6) is 5.75 Å². The normalized spacial score (nSPS) is 12.9. The summed E-state index contributed by atoms with van der Waals surface area (Å²) in [5.41, 5.74) is 0.679. The van der Waals surface area contributed by atoms with Crippen LogP contribution in [0, 0.1) is 0 Å². The predicted molar refractivity (Wildman–Crippen MR) is 75.5 cm³/mol. The lowest BCUT2D eigenvalue weighted by Crippen LogP contribution is -2.02. The number of aliphatic hydroxyl groups is 1. The number of hydrogen-bond acceptors (Lipinski definition) is 4. The predicted octanol–water partition coefficient (Wildman–Crippen LogP) is 2.58. The van der Waals surface area contributed by atoms with Gasteiger partial charge in [0.2, 0.25) is 9.84 Å². The first kappa shape index (κ1) is 14.6. The van der Waals surface area contributed by atoms with Crippen molar-refractivity contribution in [3.05, 3.63) is 54.1 Å². The molecule has 20 heavy (non-hydrogen) atoms.